The lowest BCUT2D eigenvalue weighted by atomic mass is 9.95. The van der Waals surface area contributed by atoms with Crippen LogP contribution >= 0.6 is 0 Å². The molecule has 1 saturated carbocycles. The molecule has 0 amide bonds. The number of rotatable bonds is 3. The van der Waals surface area contributed by atoms with Crippen molar-refractivity contribution in [3.05, 3.63) is 17.3 Å². The Morgan fingerprint density at radius 3 is 2.30 bits per heavy atom. The van der Waals surface area contributed by atoms with Gasteiger partial charge in [-0.2, -0.15) is 0 Å². The molecule has 0 bridgehead atoms. The van der Waals surface area contributed by atoms with E-state index in [0.29, 0.717) is 37.2 Å². The Morgan fingerprint density at radius 1 is 1.15 bits per heavy atom. The van der Waals surface area contributed by atoms with E-state index < -0.39 is 15.7 Å². The van der Waals surface area contributed by atoms with E-state index in [4.69, 9.17) is 0 Å². The highest BCUT2D eigenvalue weighted by atomic mass is 32.2. The van der Waals surface area contributed by atoms with Crippen LogP contribution in [0.25, 0.3) is 0 Å². The Kier molecular flexibility index (Phi) is 4.27. The van der Waals surface area contributed by atoms with E-state index in [-0.39, 0.29) is 17.1 Å². The summed E-state index contributed by atoms with van der Waals surface area (Å²) in [5.74, 6) is 0.315. The van der Waals surface area contributed by atoms with Crippen molar-refractivity contribution >= 4 is 15.7 Å². The van der Waals surface area contributed by atoms with Crippen molar-refractivity contribution in [2.45, 2.75) is 50.8 Å². The molecule has 1 aliphatic carbocycles. The highest BCUT2D eigenvalue weighted by Crippen LogP contribution is 2.26. The summed E-state index contributed by atoms with van der Waals surface area (Å²) in [6.45, 7) is 3.33. The highest BCUT2D eigenvalue weighted by molar-refractivity contribution is 7.91. The monoisotopic (exact) mass is 301 g/mol. The van der Waals surface area contributed by atoms with Crippen LogP contribution in [0.3, 0.4) is 0 Å². The van der Waals surface area contributed by atoms with E-state index in [1.165, 1.54) is 6.26 Å². The van der Waals surface area contributed by atoms with E-state index >= 15 is 0 Å². The molecule has 1 heterocycles. The zero-order valence-electron chi connectivity index (χ0n) is 12.0. The lowest BCUT2D eigenvalue weighted by Gasteiger charge is -2.28. The van der Waals surface area contributed by atoms with Crippen LogP contribution in [0.4, 0.5) is 10.2 Å². The summed E-state index contributed by atoms with van der Waals surface area (Å²) < 4.78 is 36.9. The lowest BCUT2D eigenvalue weighted by Crippen LogP contribution is -2.32. The number of hydrogen-bond acceptors (Lipinski definition) is 5. The van der Waals surface area contributed by atoms with Gasteiger partial charge < -0.3 is 5.32 Å². The predicted octanol–water partition coefficient (Wildman–Crippen LogP) is 2.00. The van der Waals surface area contributed by atoms with Crippen LogP contribution in [0.2, 0.25) is 0 Å². The molecule has 0 unspecified atom stereocenters. The molecule has 5 nitrogen and oxygen atoms in total. The first kappa shape index (κ1) is 15.2. The van der Waals surface area contributed by atoms with E-state index in [2.05, 4.69) is 15.3 Å². The Labute approximate surface area is 118 Å². The standard InChI is InChI=1S/C13H20FN3O2S/c1-8-12(14)13(16-9(2)15-8)17-10-4-6-11(7-5-10)20(3,18)19/h10-11H,4-7H2,1-3H3,(H,15,16,17). The fraction of sp³-hybridized carbons (Fsp3) is 0.692. The molecule has 7 heteroatoms. The van der Waals surface area contributed by atoms with Gasteiger partial charge in [0, 0.05) is 12.3 Å². The maximum Gasteiger partial charge on any atom is 0.186 e. The van der Waals surface area contributed by atoms with Gasteiger partial charge in [-0.3, -0.25) is 0 Å². The molecule has 112 valence electrons. The van der Waals surface area contributed by atoms with E-state index in [0.717, 1.165) is 0 Å². The fourth-order valence-electron chi connectivity index (χ4n) is 2.62. The summed E-state index contributed by atoms with van der Waals surface area (Å²) in [7, 11) is -2.97. The van der Waals surface area contributed by atoms with E-state index in [1.807, 2.05) is 0 Å². The molecule has 0 saturated heterocycles. The zero-order valence-corrected chi connectivity index (χ0v) is 12.8. The Bertz CT molecular complexity index is 596. The van der Waals surface area contributed by atoms with Crippen molar-refractivity contribution in [2.24, 2.45) is 0 Å². The molecule has 0 atom stereocenters. The summed E-state index contributed by atoms with van der Waals surface area (Å²) in [4.78, 5) is 8.05. The maximum atomic E-state index is 13.9. The second-order valence-electron chi connectivity index (χ2n) is 5.47. The third-order valence-electron chi connectivity index (χ3n) is 3.75. The third-order valence-corrected chi connectivity index (χ3v) is 5.43. The molecule has 0 radical (unpaired) electrons. The molecule has 1 fully saturated rings. The van der Waals surface area contributed by atoms with E-state index in [9.17, 15) is 12.8 Å². The Hall–Kier alpha value is -1.24. The van der Waals surface area contributed by atoms with Gasteiger partial charge in [0.25, 0.3) is 0 Å². The molecule has 1 aliphatic rings. The number of sulfone groups is 1. The van der Waals surface area contributed by atoms with Crippen LogP contribution in [-0.4, -0.2) is 35.9 Å². The van der Waals surface area contributed by atoms with Crippen molar-refractivity contribution in [3.63, 3.8) is 0 Å². The number of hydrogen-bond donors (Lipinski definition) is 1. The van der Waals surface area contributed by atoms with Gasteiger partial charge >= 0.3 is 0 Å². The van der Waals surface area contributed by atoms with Crippen molar-refractivity contribution in [3.8, 4) is 0 Å². The SMILES string of the molecule is Cc1nc(C)c(F)c(NC2CCC(S(C)(=O)=O)CC2)n1. The van der Waals surface area contributed by atoms with Crippen LogP contribution < -0.4 is 5.32 Å². The van der Waals surface area contributed by atoms with Gasteiger partial charge in [-0.15, -0.1) is 0 Å². The van der Waals surface area contributed by atoms with Crippen molar-refractivity contribution in [1.82, 2.24) is 9.97 Å². The van der Waals surface area contributed by atoms with E-state index in [1.54, 1.807) is 13.8 Å². The number of anilines is 1. The van der Waals surface area contributed by atoms with Crippen molar-refractivity contribution in [1.29, 1.82) is 0 Å². The summed E-state index contributed by atoms with van der Waals surface area (Å²) in [6, 6.07) is 0.0659. The first-order chi connectivity index (χ1) is 9.27. The normalized spacial score (nSPS) is 23.6. The lowest BCUT2D eigenvalue weighted by molar-refractivity contribution is 0.450. The molecular formula is C13H20FN3O2S. The first-order valence-corrected chi connectivity index (χ1v) is 8.69. The third kappa shape index (κ3) is 3.45. The summed E-state index contributed by atoms with van der Waals surface area (Å²) in [6.07, 6.45) is 3.92. The molecule has 1 aromatic rings. The average Bonchev–Trinajstić information content (AvgIpc) is 2.35. The molecule has 20 heavy (non-hydrogen) atoms. The summed E-state index contributed by atoms with van der Waals surface area (Å²) in [5, 5.41) is 2.82. The Morgan fingerprint density at radius 2 is 1.75 bits per heavy atom. The second kappa shape index (κ2) is 5.63. The molecule has 2 rings (SSSR count). The molecular weight excluding hydrogens is 281 g/mol. The number of aromatic nitrogens is 2. The van der Waals surface area contributed by atoms with Gasteiger partial charge in [0.05, 0.1) is 10.9 Å². The van der Waals surface area contributed by atoms with Crippen LogP contribution in [0.1, 0.15) is 37.2 Å². The number of aryl methyl sites for hydroxylation is 2. The quantitative estimate of drug-likeness (QED) is 0.924. The second-order valence-corrected chi connectivity index (χ2v) is 7.79. The van der Waals surface area contributed by atoms with Gasteiger partial charge in [0.2, 0.25) is 0 Å². The molecule has 0 aromatic carbocycles. The van der Waals surface area contributed by atoms with Gasteiger partial charge in [-0.1, -0.05) is 0 Å². The molecule has 1 N–H and O–H groups in total. The molecule has 1 aromatic heterocycles. The number of halogens is 1. The fourth-order valence-corrected chi connectivity index (χ4v) is 3.75. The van der Waals surface area contributed by atoms with Gasteiger partial charge in [-0.05, 0) is 39.5 Å². The highest BCUT2D eigenvalue weighted by Gasteiger charge is 2.28. The first-order valence-electron chi connectivity index (χ1n) is 6.73. The minimum absolute atomic E-state index is 0.0659. The zero-order chi connectivity index (χ0) is 14.9. The van der Waals surface area contributed by atoms with Crippen LogP contribution in [0.5, 0.6) is 0 Å². The van der Waals surface area contributed by atoms with Crippen LogP contribution in [-0.2, 0) is 9.84 Å². The Balaban J connectivity index is 2.03. The largest absolute Gasteiger partial charge is 0.365 e. The summed E-state index contributed by atoms with van der Waals surface area (Å²) >= 11 is 0. The van der Waals surface area contributed by atoms with Crippen LogP contribution in [0.15, 0.2) is 0 Å². The van der Waals surface area contributed by atoms with Crippen LogP contribution in [0, 0.1) is 19.7 Å². The van der Waals surface area contributed by atoms with Gasteiger partial charge in [0.15, 0.2) is 11.6 Å². The average molecular weight is 301 g/mol. The van der Waals surface area contributed by atoms with Gasteiger partial charge in [0.1, 0.15) is 15.7 Å². The van der Waals surface area contributed by atoms with Gasteiger partial charge in [-0.25, -0.2) is 22.8 Å². The smallest absolute Gasteiger partial charge is 0.186 e. The molecule has 0 spiro atoms. The molecule has 0 aliphatic heterocycles. The van der Waals surface area contributed by atoms with Crippen molar-refractivity contribution in [2.75, 3.05) is 11.6 Å². The maximum absolute atomic E-state index is 13.9. The minimum atomic E-state index is -2.97. The summed E-state index contributed by atoms with van der Waals surface area (Å²) in [5.41, 5.74) is 0.324. The number of nitrogens with one attached hydrogen (secondary N) is 1. The predicted molar refractivity (Wildman–Crippen MR) is 76.0 cm³/mol. The number of nitrogens with zero attached hydrogens (tertiary/aromatic N) is 2. The minimum Gasteiger partial charge on any atom is -0.365 e. The van der Waals surface area contributed by atoms with Crippen molar-refractivity contribution < 1.29 is 12.8 Å². The topological polar surface area (TPSA) is 72.0 Å².